The molecule has 4 heteroatoms. The fourth-order valence-corrected chi connectivity index (χ4v) is 11.2. The van der Waals surface area contributed by atoms with Crippen LogP contribution in [0.4, 0.5) is 34.1 Å². The number of anilines is 6. The zero-order valence-corrected chi connectivity index (χ0v) is 40.3. The Morgan fingerprint density at radius 2 is 1.00 bits per heavy atom. The number of aryl methyl sites for hydroxylation is 2. The second kappa shape index (κ2) is 15.5. The Balaban J connectivity index is 1.12. The number of nitrogens with zero attached hydrogens (tertiary/aromatic N) is 2. The van der Waals surface area contributed by atoms with Crippen molar-refractivity contribution < 1.29 is 4.42 Å². The van der Waals surface area contributed by atoms with Crippen molar-refractivity contribution >= 4 is 79.2 Å². The van der Waals surface area contributed by atoms with E-state index in [-0.39, 0.29) is 17.5 Å². The maximum atomic E-state index is 6.55. The van der Waals surface area contributed by atoms with Gasteiger partial charge in [-0.25, -0.2) is 0 Å². The summed E-state index contributed by atoms with van der Waals surface area (Å²) in [5.74, 6) is 0. The molecule has 0 spiro atoms. The number of hydrogen-bond acceptors (Lipinski definition) is 3. The van der Waals surface area contributed by atoms with Crippen molar-refractivity contribution in [2.45, 2.75) is 66.2 Å². The van der Waals surface area contributed by atoms with Gasteiger partial charge >= 0.3 is 0 Å². The maximum Gasteiger partial charge on any atom is 0.252 e. The topological polar surface area (TPSA) is 19.6 Å². The van der Waals surface area contributed by atoms with Crippen molar-refractivity contribution in [1.82, 2.24) is 0 Å². The largest absolute Gasteiger partial charge is 0.455 e. The van der Waals surface area contributed by atoms with Crippen LogP contribution in [0.25, 0.3) is 55.3 Å². The number of benzene rings is 9. The average molecular weight is 879 g/mol. The van der Waals surface area contributed by atoms with Crippen molar-refractivity contribution in [3.05, 3.63) is 210 Å². The summed E-state index contributed by atoms with van der Waals surface area (Å²) in [4.78, 5) is 5.15. The molecule has 0 bridgehead atoms. The van der Waals surface area contributed by atoms with Crippen molar-refractivity contribution in [3.63, 3.8) is 0 Å². The normalized spacial score (nSPS) is 13.2. The zero-order chi connectivity index (χ0) is 46.6. The zero-order valence-electron chi connectivity index (χ0n) is 40.3. The summed E-state index contributed by atoms with van der Waals surface area (Å²) in [6.45, 7) is 18.6. The van der Waals surface area contributed by atoms with E-state index in [2.05, 4.69) is 247 Å². The van der Waals surface area contributed by atoms with Crippen LogP contribution in [-0.2, 0) is 10.8 Å². The lowest BCUT2D eigenvalue weighted by Crippen LogP contribution is -2.61. The van der Waals surface area contributed by atoms with Crippen LogP contribution in [0.2, 0.25) is 0 Å². The highest BCUT2D eigenvalue weighted by atomic mass is 16.3. The summed E-state index contributed by atoms with van der Waals surface area (Å²) in [5.41, 5.74) is 25.1. The predicted molar refractivity (Wildman–Crippen MR) is 291 cm³/mol. The molecule has 0 saturated heterocycles. The fraction of sp³-hybridized carbons (Fsp3) is 0.156. The predicted octanol–water partition coefficient (Wildman–Crippen LogP) is 15.9. The Hall–Kier alpha value is -7.56. The molecule has 3 heterocycles. The van der Waals surface area contributed by atoms with E-state index in [1.54, 1.807) is 0 Å². The van der Waals surface area contributed by atoms with Gasteiger partial charge in [0.25, 0.3) is 6.71 Å². The molecule has 1 aromatic heterocycles. The SMILES string of the molecule is Cc1cc(N2c3ccc(-c4ccccc4)cc3B3c4ccc(C(C)(C)C)cc4N(c4ccc(-c5cccc6c5oc5ccccc56)cc4)c4cc(C(C)(C)C)cc2c43)cc(C)c1-c1ccccc1. The smallest absolute Gasteiger partial charge is 0.252 e. The summed E-state index contributed by atoms with van der Waals surface area (Å²) in [6.07, 6.45) is 0. The molecule has 0 unspecified atom stereocenters. The second-order valence-corrected chi connectivity index (χ2v) is 21.1. The van der Waals surface area contributed by atoms with Crippen LogP contribution in [0.3, 0.4) is 0 Å². The lowest BCUT2D eigenvalue weighted by molar-refractivity contribution is 0.590. The molecule has 330 valence electrons. The highest BCUT2D eigenvalue weighted by Crippen LogP contribution is 2.48. The minimum atomic E-state index is -0.137. The third-order valence-electron chi connectivity index (χ3n) is 14.6. The van der Waals surface area contributed by atoms with Gasteiger partial charge in [-0.2, -0.15) is 0 Å². The lowest BCUT2D eigenvalue weighted by atomic mass is 9.33. The van der Waals surface area contributed by atoms with Crippen molar-refractivity contribution in [2.75, 3.05) is 9.80 Å². The molecule has 3 nitrogen and oxygen atoms in total. The van der Waals surface area contributed by atoms with Crippen LogP contribution < -0.4 is 26.2 Å². The van der Waals surface area contributed by atoms with Gasteiger partial charge in [-0.3, -0.25) is 0 Å². The molecule has 10 aromatic rings. The van der Waals surface area contributed by atoms with Gasteiger partial charge in [0.15, 0.2) is 0 Å². The van der Waals surface area contributed by atoms with Crippen molar-refractivity contribution in [2.24, 2.45) is 0 Å². The van der Waals surface area contributed by atoms with Crippen LogP contribution in [0.15, 0.2) is 192 Å². The third kappa shape index (κ3) is 6.72. The Labute approximate surface area is 401 Å². The molecule has 0 atom stereocenters. The van der Waals surface area contributed by atoms with Gasteiger partial charge in [0.1, 0.15) is 11.2 Å². The molecule has 0 saturated carbocycles. The van der Waals surface area contributed by atoms with Crippen LogP contribution in [-0.4, -0.2) is 6.71 Å². The van der Waals surface area contributed by atoms with Crippen molar-refractivity contribution in [1.29, 1.82) is 0 Å². The number of rotatable bonds is 5. The minimum absolute atomic E-state index is 0.0139. The van der Waals surface area contributed by atoms with Crippen LogP contribution >= 0.6 is 0 Å². The van der Waals surface area contributed by atoms with E-state index in [9.17, 15) is 0 Å². The highest BCUT2D eigenvalue weighted by Gasteiger charge is 2.44. The molecule has 0 radical (unpaired) electrons. The van der Waals surface area contributed by atoms with E-state index in [1.807, 2.05) is 6.07 Å². The lowest BCUT2D eigenvalue weighted by Gasteiger charge is -2.45. The number of para-hydroxylation sites is 2. The van der Waals surface area contributed by atoms with Gasteiger partial charge in [0.2, 0.25) is 0 Å². The first-order chi connectivity index (χ1) is 32.8. The molecule has 0 N–H and O–H groups in total. The molecule has 0 aliphatic carbocycles. The molecule has 2 aliphatic rings. The number of fused-ring (bicyclic) bond motifs is 7. The van der Waals surface area contributed by atoms with Gasteiger partial charge in [0.05, 0.1) is 0 Å². The van der Waals surface area contributed by atoms with E-state index in [4.69, 9.17) is 4.42 Å². The second-order valence-electron chi connectivity index (χ2n) is 21.1. The van der Waals surface area contributed by atoms with Crippen molar-refractivity contribution in [3.8, 4) is 33.4 Å². The molecular formula is C64H55BN2O. The number of furan rings is 1. The van der Waals surface area contributed by atoms with E-state index < -0.39 is 0 Å². The monoisotopic (exact) mass is 878 g/mol. The van der Waals surface area contributed by atoms with E-state index in [1.165, 1.54) is 89.3 Å². The summed E-state index contributed by atoms with van der Waals surface area (Å²) in [5, 5.41) is 2.28. The quantitative estimate of drug-likeness (QED) is 0.161. The first kappa shape index (κ1) is 41.8. The van der Waals surface area contributed by atoms with E-state index in [0.29, 0.717) is 0 Å². The highest BCUT2D eigenvalue weighted by molar-refractivity contribution is 7.00. The van der Waals surface area contributed by atoms with Gasteiger partial charge in [-0.15, -0.1) is 0 Å². The number of hydrogen-bond donors (Lipinski definition) is 0. The van der Waals surface area contributed by atoms with Crippen LogP contribution in [0, 0.1) is 13.8 Å². The van der Waals surface area contributed by atoms with Crippen LogP contribution in [0.5, 0.6) is 0 Å². The molecule has 0 amide bonds. The summed E-state index contributed by atoms with van der Waals surface area (Å²) >= 11 is 0. The molecular weight excluding hydrogens is 824 g/mol. The van der Waals surface area contributed by atoms with Crippen LogP contribution in [0.1, 0.15) is 63.8 Å². The molecule has 9 aromatic carbocycles. The minimum Gasteiger partial charge on any atom is -0.455 e. The van der Waals surface area contributed by atoms with Gasteiger partial charge in [-0.05, 0) is 146 Å². The summed E-state index contributed by atoms with van der Waals surface area (Å²) < 4.78 is 6.55. The first-order valence-corrected chi connectivity index (χ1v) is 24.1. The van der Waals surface area contributed by atoms with Gasteiger partial charge < -0.3 is 14.2 Å². The Bertz CT molecular complexity index is 3590. The molecule has 68 heavy (non-hydrogen) atoms. The average Bonchev–Trinajstić information content (AvgIpc) is 3.72. The van der Waals surface area contributed by atoms with Gasteiger partial charge in [0, 0.05) is 50.5 Å². The summed E-state index contributed by atoms with van der Waals surface area (Å²) in [6, 6.07) is 70.0. The first-order valence-electron chi connectivity index (χ1n) is 24.1. The Morgan fingerprint density at radius 1 is 0.412 bits per heavy atom. The maximum absolute atomic E-state index is 6.55. The summed E-state index contributed by atoms with van der Waals surface area (Å²) in [7, 11) is 0. The molecule has 2 aliphatic heterocycles. The fourth-order valence-electron chi connectivity index (χ4n) is 11.2. The standard InChI is InChI=1S/C64H55BN2O/c1-40-34-49(35-41(2)60(40)44-20-13-10-14-21-44)67-55-33-28-45(42-18-11-9-12-19-42)36-54(55)65-53-32-29-46(63(3,4)5)37-56(53)66(57-38-47(64(6,7)8)39-58(67)61(57)65)48-30-26-43(27-31-48)50-23-17-24-52-51-22-15-16-25-59(51)68-62(50)52/h9-39H,1-8H3. The van der Waals surface area contributed by atoms with E-state index >= 15 is 0 Å². The third-order valence-corrected chi connectivity index (χ3v) is 14.6. The molecule has 12 rings (SSSR count). The molecule has 0 fully saturated rings. The Kier molecular flexibility index (Phi) is 9.54. The van der Waals surface area contributed by atoms with Gasteiger partial charge in [-0.1, -0.05) is 175 Å². The van der Waals surface area contributed by atoms with E-state index in [0.717, 1.165) is 38.8 Å². The Morgan fingerprint density at radius 3 is 1.68 bits per heavy atom.